The van der Waals surface area contributed by atoms with Crippen molar-refractivity contribution in [2.24, 2.45) is 0 Å². The van der Waals surface area contributed by atoms with E-state index in [1.54, 1.807) is 13.2 Å². The first kappa shape index (κ1) is 18.1. The number of methoxy groups -OCH3 is 1. The Kier molecular flexibility index (Phi) is 42.2. The lowest BCUT2D eigenvalue weighted by molar-refractivity contribution is 0.215. The van der Waals surface area contributed by atoms with E-state index >= 15 is 0 Å². The molecule has 1 nitrogen and oxygen atoms in total. The van der Waals surface area contributed by atoms with Gasteiger partial charge in [-0.2, -0.15) is 0 Å². The maximum absolute atomic E-state index is 4.54. The van der Waals surface area contributed by atoms with Gasteiger partial charge >= 0.3 is 0 Å². The first-order valence-corrected chi connectivity index (χ1v) is 4.72. The van der Waals surface area contributed by atoms with Gasteiger partial charge in [0.05, 0.1) is 0 Å². The standard InChI is InChI=1S/C7H10.C3H8O.C2H6/c1-3-5-7-6-4-2;1-3-4-2;1-2/h3-7H,1H2,2H3;3H2,1-2H3;1-2H3/b6-4-,7-5-;;. The van der Waals surface area contributed by atoms with Gasteiger partial charge < -0.3 is 4.74 Å². The molecule has 0 bridgehead atoms. The maximum atomic E-state index is 4.54. The molecule has 0 saturated carbocycles. The SMILES string of the molecule is C=C/C=C\C=C/C.CC.CCOC. The molecule has 0 heterocycles. The molecule has 0 atom stereocenters. The average molecular weight is 184 g/mol. The van der Waals surface area contributed by atoms with E-state index in [2.05, 4.69) is 11.3 Å². The summed E-state index contributed by atoms with van der Waals surface area (Å²) in [5.41, 5.74) is 0. The van der Waals surface area contributed by atoms with Crippen LogP contribution in [-0.2, 0) is 4.74 Å². The van der Waals surface area contributed by atoms with Gasteiger partial charge in [0.25, 0.3) is 0 Å². The molecule has 1 heteroatoms. The normalized spacial score (nSPS) is 8.69. The second-order valence-corrected chi connectivity index (χ2v) is 1.72. The zero-order valence-electron chi connectivity index (χ0n) is 9.71. The van der Waals surface area contributed by atoms with Crippen molar-refractivity contribution in [1.82, 2.24) is 0 Å². The first-order chi connectivity index (χ1) is 6.33. The smallest absolute Gasteiger partial charge is 0.0433 e. The Bertz CT molecular complexity index is 110. The van der Waals surface area contributed by atoms with Gasteiger partial charge in [-0.3, -0.25) is 0 Å². The molecule has 0 N–H and O–H groups in total. The Morgan fingerprint density at radius 1 is 1.15 bits per heavy atom. The Morgan fingerprint density at radius 2 is 1.62 bits per heavy atom. The second-order valence-electron chi connectivity index (χ2n) is 1.72. The molecular formula is C12H24O. The molecule has 0 saturated heterocycles. The van der Waals surface area contributed by atoms with Gasteiger partial charge in [-0.1, -0.05) is 50.8 Å². The summed E-state index contributed by atoms with van der Waals surface area (Å²) in [5.74, 6) is 0. The van der Waals surface area contributed by atoms with Crippen LogP contribution in [0.15, 0.2) is 37.0 Å². The molecule has 0 rings (SSSR count). The lowest BCUT2D eigenvalue weighted by Crippen LogP contribution is -1.73. The third-order valence-electron chi connectivity index (χ3n) is 0.839. The zero-order valence-corrected chi connectivity index (χ0v) is 9.71. The van der Waals surface area contributed by atoms with E-state index in [9.17, 15) is 0 Å². The fourth-order valence-electron chi connectivity index (χ4n) is 0.254. The van der Waals surface area contributed by atoms with Gasteiger partial charge in [0, 0.05) is 13.7 Å². The summed E-state index contributed by atoms with van der Waals surface area (Å²) in [7, 11) is 1.68. The molecule has 0 spiro atoms. The first-order valence-electron chi connectivity index (χ1n) is 4.72. The average Bonchev–Trinajstić information content (AvgIpc) is 2.22. The predicted octanol–water partition coefficient (Wildman–Crippen LogP) is 3.98. The van der Waals surface area contributed by atoms with Crippen LogP contribution in [0.1, 0.15) is 27.7 Å². The highest BCUT2D eigenvalue weighted by Gasteiger charge is 1.52. The van der Waals surface area contributed by atoms with Crippen LogP contribution in [0.2, 0.25) is 0 Å². The van der Waals surface area contributed by atoms with E-state index in [1.165, 1.54) is 0 Å². The van der Waals surface area contributed by atoms with Crippen molar-refractivity contribution in [1.29, 1.82) is 0 Å². The Morgan fingerprint density at radius 3 is 1.85 bits per heavy atom. The van der Waals surface area contributed by atoms with Gasteiger partial charge in [-0.15, -0.1) is 0 Å². The predicted molar refractivity (Wildman–Crippen MR) is 63.0 cm³/mol. The highest BCUT2D eigenvalue weighted by Crippen LogP contribution is 1.74. The van der Waals surface area contributed by atoms with Crippen molar-refractivity contribution in [3.8, 4) is 0 Å². The van der Waals surface area contributed by atoms with Crippen LogP contribution < -0.4 is 0 Å². The van der Waals surface area contributed by atoms with Crippen molar-refractivity contribution in [2.75, 3.05) is 13.7 Å². The molecule has 0 aliphatic carbocycles. The molecule has 0 unspecified atom stereocenters. The molecule has 0 aromatic heterocycles. The lowest BCUT2D eigenvalue weighted by Gasteiger charge is -1.76. The molecule has 0 radical (unpaired) electrons. The van der Waals surface area contributed by atoms with Crippen molar-refractivity contribution < 1.29 is 4.74 Å². The van der Waals surface area contributed by atoms with Crippen LogP contribution in [0.3, 0.4) is 0 Å². The molecule has 78 valence electrons. The van der Waals surface area contributed by atoms with Crippen LogP contribution in [-0.4, -0.2) is 13.7 Å². The van der Waals surface area contributed by atoms with Crippen LogP contribution in [0.5, 0.6) is 0 Å². The Labute approximate surface area is 83.8 Å². The van der Waals surface area contributed by atoms with E-state index < -0.39 is 0 Å². The number of hydrogen-bond donors (Lipinski definition) is 0. The van der Waals surface area contributed by atoms with E-state index in [1.807, 2.05) is 52.0 Å². The summed E-state index contributed by atoms with van der Waals surface area (Å²) >= 11 is 0. The Hall–Kier alpha value is -0.820. The quantitative estimate of drug-likeness (QED) is 0.603. The van der Waals surface area contributed by atoms with E-state index in [-0.39, 0.29) is 0 Å². The summed E-state index contributed by atoms with van der Waals surface area (Å²) in [5, 5.41) is 0. The third kappa shape index (κ3) is 53.9. The maximum Gasteiger partial charge on any atom is 0.0433 e. The highest BCUT2D eigenvalue weighted by molar-refractivity contribution is 5.07. The molecule has 0 aromatic rings. The second kappa shape index (κ2) is 30.3. The molecule has 0 aromatic carbocycles. The summed E-state index contributed by atoms with van der Waals surface area (Å²) in [6.07, 6.45) is 9.51. The topological polar surface area (TPSA) is 9.23 Å². The van der Waals surface area contributed by atoms with Crippen molar-refractivity contribution in [2.45, 2.75) is 27.7 Å². The summed E-state index contributed by atoms with van der Waals surface area (Å²) in [4.78, 5) is 0. The number of allylic oxidation sites excluding steroid dienone is 5. The van der Waals surface area contributed by atoms with Crippen molar-refractivity contribution in [3.63, 3.8) is 0 Å². The van der Waals surface area contributed by atoms with Crippen LogP contribution in [0, 0.1) is 0 Å². The van der Waals surface area contributed by atoms with Gasteiger partial charge in [-0.05, 0) is 13.8 Å². The minimum absolute atomic E-state index is 0.819. The van der Waals surface area contributed by atoms with E-state index in [4.69, 9.17) is 0 Å². The largest absolute Gasteiger partial charge is 0.385 e. The fraction of sp³-hybridized carbons (Fsp3) is 0.500. The summed E-state index contributed by atoms with van der Waals surface area (Å²) in [6, 6.07) is 0. The fourth-order valence-corrected chi connectivity index (χ4v) is 0.254. The van der Waals surface area contributed by atoms with Gasteiger partial charge in [0.15, 0.2) is 0 Å². The van der Waals surface area contributed by atoms with Gasteiger partial charge in [-0.25, -0.2) is 0 Å². The van der Waals surface area contributed by atoms with E-state index in [0.29, 0.717) is 0 Å². The monoisotopic (exact) mass is 184 g/mol. The van der Waals surface area contributed by atoms with Crippen molar-refractivity contribution >= 4 is 0 Å². The molecular weight excluding hydrogens is 160 g/mol. The summed E-state index contributed by atoms with van der Waals surface area (Å²) in [6.45, 7) is 12.3. The van der Waals surface area contributed by atoms with Gasteiger partial charge in [0.1, 0.15) is 0 Å². The molecule has 13 heavy (non-hydrogen) atoms. The third-order valence-corrected chi connectivity index (χ3v) is 0.839. The zero-order chi connectivity index (χ0) is 10.9. The molecule has 0 fully saturated rings. The number of rotatable bonds is 3. The van der Waals surface area contributed by atoms with Crippen LogP contribution in [0.25, 0.3) is 0 Å². The van der Waals surface area contributed by atoms with Crippen LogP contribution >= 0.6 is 0 Å². The van der Waals surface area contributed by atoms with Gasteiger partial charge in [0.2, 0.25) is 0 Å². The highest BCUT2D eigenvalue weighted by atomic mass is 16.5. The Balaban J connectivity index is -0.000000142. The lowest BCUT2D eigenvalue weighted by atomic mass is 10.4. The molecule has 0 aliphatic heterocycles. The molecule has 0 amide bonds. The van der Waals surface area contributed by atoms with Crippen molar-refractivity contribution in [3.05, 3.63) is 37.0 Å². The minimum Gasteiger partial charge on any atom is -0.385 e. The number of hydrogen-bond acceptors (Lipinski definition) is 1. The van der Waals surface area contributed by atoms with E-state index in [0.717, 1.165) is 6.61 Å². The summed E-state index contributed by atoms with van der Waals surface area (Å²) < 4.78 is 4.54. The van der Waals surface area contributed by atoms with Crippen LogP contribution in [0.4, 0.5) is 0 Å². The minimum atomic E-state index is 0.819. The number of ether oxygens (including phenoxy) is 1. The molecule has 0 aliphatic rings.